The molecule has 0 unspecified atom stereocenters. The van der Waals surface area contributed by atoms with Gasteiger partial charge < -0.3 is 10.4 Å². The van der Waals surface area contributed by atoms with Crippen molar-refractivity contribution in [3.05, 3.63) is 34.4 Å². The molecule has 0 radical (unpaired) electrons. The molecule has 2 N–H and O–H groups in total. The van der Waals surface area contributed by atoms with Crippen molar-refractivity contribution in [2.45, 2.75) is 26.7 Å². The summed E-state index contributed by atoms with van der Waals surface area (Å²) in [5.74, 6) is -2.45. The number of aliphatic hydroxyl groups is 1. The van der Waals surface area contributed by atoms with Crippen molar-refractivity contribution in [3.8, 4) is 0 Å². The van der Waals surface area contributed by atoms with Gasteiger partial charge >= 0.3 is 0 Å². The number of rotatable bonds is 6. The van der Waals surface area contributed by atoms with E-state index in [9.17, 15) is 18.7 Å². The molecule has 0 saturated carbocycles. The van der Waals surface area contributed by atoms with E-state index in [-0.39, 0.29) is 18.2 Å². The number of aliphatic hydroxyl groups excluding tert-OH is 1. The van der Waals surface area contributed by atoms with Crippen LogP contribution in [-0.4, -0.2) is 24.2 Å². The predicted molar refractivity (Wildman–Crippen MR) is 73.8 cm³/mol. The van der Waals surface area contributed by atoms with Gasteiger partial charge in [0.25, 0.3) is 5.91 Å². The van der Waals surface area contributed by atoms with Gasteiger partial charge in [-0.3, -0.25) is 4.79 Å². The number of hydrogen-bond donors (Lipinski definition) is 2. The quantitative estimate of drug-likeness (QED) is 0.793. The Morgan fingerprint density at radius 1 is 1.30 bits per heavy atom. The minimum Gasteiger partial charge on any atom is -0.396 e. The first-order valence-electron chi connectivity index (χ1n) is 6.42. The summed E-state index contributed by atoms with van der Waals surface area (Å²) in [5.41, 5.74) is -0.845. The molecule has 0 fully saturated rings. The van der Waals surface area contributed by atoms with Crippen LogP contribution in [0.15, 0.2) is 12.1 Å². The van der Waals surface area contributed by atoms with E-state index in [1.165, 1.54) is 0 Å². The summed E-state index contributed by atoms with van der Waals surface area (Å²) in [6.07, 6.45) is 1.33. The van der Waals surface area contributed by atoms with Crippen molar-refractivity contribution in [2.75, 3.05) is 13.2 Å². The van der Waals surface area contributed by atoms with Crippen LogP contribution >= 0.6 is 11.6 Å². The molecule has 112 valence electrons. The second-order valence-electron chi connectivity index (χ2n) is 4.79. The van der Waals surface area contributed by atoms with E-state index >= 15 is 0 Å². The molecule has 0 atom stereocenters. The zero-order valence-corrected chi connectivity index (χ0v) is 12.2. The Bertz CT molecular complexity index is 482. The van der Waals surface area contributed by atoms with Gasteiger partial charge in [-0.2, -0.15) is 0 Å². The van der Waals surface area contributed by atoms with Crippen molar-refractivity contribution < 1.29 is 18.7 Å². The number of carbonyl (C=O) groups excluding carboxylic acids is 1. The lowest BCUT2D eigenvalue weighted by molar-refractivity contribution is 0.0847. The lowest BCUT2D eigenvalue weighted by Crippen LogP contribution is -2.39. The number of carbonyl (C=O) groups is 1. The third-order valence-corrected chi connectivity index (χ3v) is 4.00. The normalized spacial score (nSPS) is 11.5. The van der Waals surface area contributed by atoms with Gasteiger partial charge in [0, 0.05) is 12.0 Å². The Morgan fingerprint density at radius 2 is 1.90 bits per heavy atom. The molecule has 20 heavy (non-hydrogen) atoms. The fraction of sp³-hybridized carbons (Fsp3) is 0.500. The molecule has 1 amide bonds. The van der Waals surface area contributed by atoms with Gasteiger partial charge in [-0.1, -0.05) is 25.4 Å². The summed E-state index contributed by atoms with van der Waals surface area (Å²) >= 11 is 5.43. The van der Waals surface area contributed by atoms with Crippen LogP contribution in [0.3, 0.4) is 0 Å². The predicted octanol–water partition coefficient (Wildman–Crippen LogP) is 3.15. The van der Waals surface area contributed by atoms with Crippen LogP contribution in [0.1, 0.15) is 37.0 Å². The SMILES string of the molecule is CCC(CC)(CO)CNC(=O)c1cc(F)c(Cl)cc1F. The summed E-state index contributed by atoms with van der Waals surface area (Å²) in [6.45, 7) is 3.90. The third-order valence-electron chi connectivity index (χ3n) is 3.71. The Balaban J connectivity index is 2.85. The maximum atomic E-state index is 13.6. The largest absolute Gasteiger partial charge is 0.396 e. The highest BCUT2D eigenvalue weighted by Crippen LogP contribution is 2.25. The van der Waals surface area contributed by atoms with Gasteiger partial charge in [0.2, 0.25) is 0 Å². The fourth-order valence-corrected chi connectivity index (χ4v) is 1.99. The van der Waals surface area contributed by atoms with Crippen molar-refractivity contribution in [3.63, 3.8) is 0 Å². The van der Waals surface area contributed by atoms with Crippen LogP contribution < -0.4 is 5.32 Å². The number of nitrogens with one attached hydrogen (secondary N) is 1. The molecule has 0 aliphatic rings. The van der Waals surface area contributed by atoms with Crippen molar-refractivity contribution >= 4 is 17.5 Å². The average molecular weight is 306 g/mol. The number of hydrogen-bond acceptors (Lipinski definition) is 2. The molecule has 3 nitrogen and oxygen atoms in total. The lowest BCUT2D eigenvalue weighted by Gasteiger charge is -2.29. The maximum Gasteiger partial charge on any atom is 0.254 e. The first-order valence-corrected chi connectivity index (χ1v) is 6.80. The minimum atomic E-state index is -0.878. The van der Waals surface area contributed by atoms with E-state index in [1.54, 1.807) is 0 Å². The Morgan fingerprint density at radius 3 is 2.40 bits per heavy atom. The Labute approximate surface area is 121 Å². The molecular formula is C14H18ClF2NO2. The summed E-state index contributed by atoms with van der Waals surface area (Å²) in [4.78, 5) is 11.9. The van der Waals surface area contributed by atoms with Crippen LogP contribution in [0.25, 0.3) is 0 Å². The van der Waals surface area contributed by atoms with Crippen LogP contribution in [0, 0.1) is 17.0 Å². The van der Waals surface area contributed by atoms with Gasteiger partial charge in [0.15, 0.2) is 0 Å². The average Bonchev–Trinajstić information content (AvgIpc) is 2.44. The second-order valence-corrected chi connectivity index (χ2v) is 5.20. The van der Waals surface area contributed by atoms with Crippen molar-refractivity contribution in [2.24, 2.45) is 5.41 Å². The second kappa shape index (κ2) is 6.99. The number of halogens is 3. The molecule has 0 aliphatic carbocycles. The maximum absolute atomic E-state index is 13.6. The van der Waals surface area contributed by atoms with E-state index in [2.05, 4.69) is 5.32 Å². The molecule has 1 aromatic carbocycles. The van der Waals surface area contributed by atoms with E-state index in [1.807, 2.05) is 13.8 Å². The van der Waals surface area contributed by atoms with E-state index in [0.717, 1.165) is 12.1 Å². The van der Waals surface area contributed by atoms with Crippen LogP contribution in [0.2, 0.25) is 5.02 Å². The first kappa shape index (κ1) is 16.9. The van der Waals surface area contributed by atoms with Gasteiger partial charge in [0.05, 0.1) is 17.2 Å². The van der Waals surface area contributed by atoms with E-state index < -0.39 is 28.5 Å². The summed E-state index contributed by atoms with van der Waals surface area (Å²) < 4.78 is 26.9. The molecule has 1 rings (SSSR count). The molecule has 0 spiro atoms. The van der Waals surface area contributed by atoms with Crippen LogP contribution in [0.5, 0.6) is 0 Å². The zero-order valence-electron chi connectivity index (χ0n) is 11.5. The Kier molecular flexibility index (Phi) is 5.89. The molecule has 0 saturated heterocycles. The molecule has 0 aliphatic heterocycles. The third kappa shape index (κ3) is 3.67. The van der Waals surface area contributed by atoms with Crippen LogP contribution in [-0.2, 0) is 0 Å². The topological polar surface area (TPSA) is 49.3 Å². The number of amides is 1. The van der Waals surface area contributed by atoms with Crippen molar-refractivity contribution in [1.29, 1.82) is 0 Å². The van der Waals surface area contributed by atoms with Gasteiger partial charge in [-0.15, -0.1) is 0 Å². The smallest absolute Gasteiger partial charge is 0.254 e. The minimum absolute atomic E-state index is 0.0856. The van der Waals surface area contributed by atoms with Gasteiger partial charge in [-0.05, 0) is 25.0 Å². The molecule has 1 aromatic rings. The van der Waals surface area contributed by atoms with Gasteiger partial charge in [-0.25, -0.2) is 8.78 Å². The molecule has 0 heterocycles. The van der Waals surface area contributed by atoms with Gasteiger partial charge in [0.1, 0.15) is 11.6 Å². The van der Waals surface area contributed by atoms with E-state index in [4.69, 9.17) is 11.6 Å². The molecular weight excluding hydrogens is 288 g/mol. The molecule has 6 heteroatoms. The molecule has 0 aromatic heterocycles. The lowest BCUT2D eigenvalue weighted by atomic mass is 9.83. The fourth-order valence-electron chi connectivity index (χ4n) is 1.84. The van der Waals surface area contributed by atoms with Crippen LogP contribution in [0.4, 0.5) is 8.78 Å². The standard InChI is InChI=1S/C14H18ClF2NO2/c1-3-14(4-2,8-19)7-18-13(20)9-5-12(17)10(15)6-11(9)16/h5-6,19H,3-4,7-8H2,1-2H3,(H,18,20). The highest BCUT2D eigenvalue weighted by molar-refractivity contribution is 6.30. The number of benzene rings is 1. The molecule has 0 bridgehead atoms. The first-order chi connectivity index (χ1) is 9.39. The summed E-state index contributed by atoms with van der Waals surface area (Å²) in [5, 5.41) is 11.6. The Hall–Kier alpha value is -1.20. The highest BCUT2D eigenvalue weighted by Gasteiger charge is 2.26. The highest BCUT2D eigenvalue weighted by atomic mass is 35.5. The monoisotopic (exact) mass is 305 g/mol. The van der Waals surface area contributed by atoms with Crippen molar-refractivity contribution in [1.82, 2.24) is 5.32 Å². The summed E-state index contributed by atoms with van der Waals surface area (Å²) in [6, 6.07) is 1.54. The zero-order chi connectivity index (χ0) is 15.3. The summed E-state index contributed by atoms with van der Waals surface area (Å²) in [7, 11) is 0. The van der Waals surface area contributed by atoms with E-state index in [0.29, 0.717) is 12.8 Å².